The van der Waals surface area contributed by atoms with Crippen LogP contribution < -0.4 is 16.2 Å². The Morgan fingerprint density at radius 2 is 1.74 bits per heavy atom. The van der Waals surface area contributed by atoms with Crippen LogP contribution in [0.25, 0.3) is 0 Å². The molecule has 0 spiro atoms. The second-order valence-electron chi connectivity index (χ2n) is 4.44. The zero-order chi connectivity index (χ0) is 16.8. The molecule has 3 N–H and O–H groups in total. The van der Waals surface area contributed by atoms with E-state index < -0.39 is 29.0 Å². The van der Waals surface area contributed by atoms with E-state index in [0.29, 0.717) is 11.3 Å². The predicted molar refractivity (Wildman–Crippen MR) is 77.7 cm³/mol. The summed E-state index contributed by atoms with van der Waals surface area (Å²) in [5, 5.41) is 11.4. The van der Waals surface area contributed by atoms with Crippen LogP contribution in [-0.2, 0) is 4.79 Å². The van der Waals surface area contributed by atoms with Crippen molar-refractivity contribution in [1.29, 1.82) is 5.26 Å². The first-order valence-electron chi connectivity index (χ1n) is 6.43. The van der Waals surface area contributed by atoms with Crippen molar-refractivity contribution in [3.63, 3.8) is 0 Å². The largest absolute Gasteiger partial charge is 0.376 e. The lowest BCUT2D eigenvalue weighted by molar-refractivity contribution is -0.118. The van der Waals surface area contributed by atoms with E-state index in [4.69, 9.17) is 5.26 Å². The summed E-state index contributed by atoms with van der Waals surface area (Å²) < 4.78 is 39.1. The van der Waals surface area contributed by atoms with E-state index in [1.165, 1.54) is 0 Å². The van der Waals surface area contributed by atoms with Gasteiger partial charge in [-0.3, -0.25) is 15.6 Å². The summed E-state index contributed by atoms with van der Waals surface area (Å²) in [6.45, 7) is -0.149. The van der Waals surface area contributed by atoms with E-state index >= 15 is 0 Å². The highest BCUT2D eigenvalue weighted by molar-refractivity contribution is 5.81. The summed E-state index contributed by atoms with van der Waals surface area (Å²) in [7, 11) is 0. The molecule has 0 heterocycles. The molecule has 1 amide bonds. The van der Waals surface area contributed by atoms with Gasteiger partial charge in [-0.25, -0.2) is 13.2 Å². The van der Waals surface area contributed by atoms with Crippen LogP contribution in [0.2, 0.25) is 0 Å². The molecule has 5 nitrogen and oxygen atoms in total. The number of carbonyl (C=O) groups is 1. The first-order valence-corrected chi connectivity index (χ1v) is 6.43. The van der Waals surface area contributed by atoms with Crippen LogP contribution in [0.3, 0.4) is 0 Å². The molecular formula is C15H11F3N4O. The highest BCUT2D eigenvalue weighted by atomic mass is 19.2. The molecule has 2 aromatic rings. The minimum Gasteiger partial charge on any atom is -0.376 e. The van der Waals surface area contributed by atoms with Gasteiger partial charge in [-0.2, -0.15) is 5.26 Å². The summed E-state index contributed by atoms with van der Waals surface area (Å²) in [5.41, 5.74) is 5.02. The van der Waals surface area contributed by atoms with Crippen molar-refractivity contribution in [2.24, 2.45) is 0 Å². The van der Waals surface area contributed by atoms with E-state index in [1.807, 2.05) is 6.07 Å². The van der Waals surface area contributed by atoms with Crippen molar-refractivity contribution in [1.82, 2.24) is 5.43 Å². The highest BCUT2D eigenvalue weighted by Crippen LogP contribution is 2.18. The molecule has 0 bridgehead atoms. The summed E-state index contributed by atoms with van der Waals surface area (Å²) in [4.78, 5) is 11.6. The van der Waals surface area contributed by atoms with Gasteiger partial charge in [-0.15, -0.1) is 0 Å². The Balaban J connectivity index is 1.85. The fourth-order valence-electron chi connectivity index (χ4n) is 1.65. The first-order chi connectivity index (χ1) is 11.0. The number of hydrogen-bond donors (Lipinski definition) is 3. The normalized spacial score (nSPS) is 9.83. The molecule has 0 atom stereocenters. The maximum atomic E-state index is 13.4. The lowest BCUT2D eigenvalue weighted by Gasteiger charge is -2.11. The van der Waals surface area contributed by atoms with Crippen LogP contribution in [-0.4, -0.2) is 12.5 Å². The maximum Gasteiger partial charge on any atom is 0.257 e. The maximum absolute atomic E-state index is 13.4. The number of carbonyl (C=O) groups excluding carboxylic acids is 1. The molecule has 118 valence electrons. The summed E-state index contributed by atoms with van der Waals surface area (Å²) in [6.07, 6.45) is 0. The summed E-state index contributed by atoms with van der Waals surface area (Å²) in [6, 6.07) is 10.1. The molecule has 8 heteroatoms. The van der Waals surface area contributed by atoms with Gasteiger partial charge in [0.05, 0.1) is 23.9 Å². The average molecular weight is 320 g/mol. The standard InChI is InChI=1S/C15H11F3N4O/c16-11-5-6-12(15(18)14(11)17)21-22-13(23)8-20-10-3-1-9(7-19)2-4-10/h1-6,20-21H,8H2,(H,22,23). The van der Waals surface area contributed by atoms with Gasteiger partial charge in [0.2, 0.25) is 0 Å². The number of hydrogen-bond acceptors (Lipinski definition) is 4. The third kappa shape index (κ3) is 4.14. The van der Waals surface area contributed by atoms with Gasteiger partial charge in [0, 0.05) is 5.69 Å². The molecule has 2 aromatic carbocycles. The lowest BCUT2D eigenvalue weighted by atomic mass is 10.2. The van der Waals surface area contributed by atoms with Gasteiger partial charge < -0.3 is 5.32 Å². The number of rotatable bonds is 5. The van der Waals surface area contributed by atoms with Gasteiger partial charge in [0.25, 0.3) is 5.91 Å². The fraction of sp³-hybridized carbons (Fsp3) is 0.0667. The minimum absolute atomic E-state index is 0.149. The monoisotopic (exact) mass is 320 g/mol. The van der Waals surface area contributed by atoms with Gasteiger partial charge >= 0.3 is 0 Å². The minimum atomic E-state index is -1.63. The third-order valence-corrected chi connectivity index (χ3v) is 2.84. The smallest absolute Gasteiger partial charge is 0.257 e. The van der Waals surface area contributed by atoms with Crippen molar-refractivity contribution in [2.45, 2.75) is 0 Å². The molecule has 23 heavy (non-hydrogen) atoms. The number of benzene rings is 2. The molecule has 0 aromatic heterocycles. The number of hydrazine groups is 1. The van der Waals surface area contributed by atoms with E-state index in [2.05, 4.69) is 16.2 Å². The van der Waals surface area contributed by atoms with Crippen molar-refractivity contribution < 1.29 is 18.0 Å². The van der Waals surface area contributed by atoms with Crippen LogP contribution in [0.4, 0.5) is 24.5 Å². The molecule has 0 fully saturated rings. The van der Waals surface area contributed by atoms with Crippen LogP contribution in [0.5, 0.6) is 0 Å². The van der Waals surface area contributed by atoms with E-state index in [0.717, 1.165) is 12.1 Å². The Bertz CT molecular complexity index is 757. The molecule has 2 rings (SSSR count). The summed E-state index contributed by atoms with van der Waals surface area (Å²) in [5.74, 6) is -4.93. The van der Waals surface area contributed by atoms with Crippen molar-refractivity contribution in [3.05, 3.63) is 59.4 Å². The van der Waals surface area contributed by atoms with Crippen molar-refractivity contribution in [3.8, 4) is 6.07 Å². The molecule has 0 aliphatic carbocycles. The second kappa shape index (κ2) is 7.17. The fourth-order valence-corrected chi connectivity index (χ4v) is 1.65. The van der Waals surface area contributed by atoms with E-state index in [1.54, 1.807) is 24.3 Å². The summed E-state index contributed by atoms with van der Waals surface area (Å²) >= 11 is 0. The molecule has 0 aliphatic rings. The number of halogens is 3. The lowest BCUT2D eigenvalue weighted by Crippen LogP contribution is -2.34. The second-order valence-corrected chi connectivity index (χ2v) is 4.44. The molecule has 0 aliphatic heterocycles. The zero-order valence-corrected chi connectivity index (χ0v) is 11.7. The van der Waals surface area contributed by atoms with Crippen LogP contribution >= 0.6 is 0 Å². The highest BCUT2D eigenvalue weighted by Gasteiger charge is 2.13. The Morgan fingerprint density at radius 1 is 1.04 bits per heavy atom. The topological polar surface area (TPSA) is 77.0 Å². The van der Waals surface area contributed by atoms with Gasteiger partial charge in [-0.05, 0) is 36.4 Å². The van der Waals surface area contributed by atoms with E-state index in [-0.39, 0.29) is 6.54 Å². The number of anilines is 2. The van der Waals surface area contributed by atoms with Gasteiger partial charge in [0.1, 0.15) is 0 Å². The van der Waals surface area contributed by atoms with Crippen molar-refractivity contribution in [2.75, 3.05) is 17.3 Å². The zero-order valence-electron chi connectivity index (χ0n) is 11.7. The van der Waals surface area contributed by atoms with Crippen LogP contribution in [0.15, 0.2) is 36.4 Å². The molecular weight excluding hydrogens is 309 g/mol. The number of nitrogens with zero attached hydrogens (tertiary/aromatic N) is 1. The Kier molecular flexibility index (Phi) is 5.04. The number of amides is 1. The predicted octanol–water partition coefficient (Wildman–Crippen LogP) is 2.53. The molecule has 0 saturated carbocycles. The Morgan fingerprint density at radius 3 is 2.39 bits per heavy atom. The Hall–Kier alpha value is -3.21. The average Bonchev–Trinajstić information content (AvgIpc) is 2.57. The SMILES string of the molecule is N#Cc1ccc(NCC(=O)NNc2ccc(F)c(F)c2F)cc1. The first kappa shape index (κ1) is 16.2. The van der Waals surface area contributed by atoms with E-state index in [9.17, 15) is 18.0 Å². The van der Waals surface area contributed by atoms with Crippen molar-refractivity contribution >= 4 is 17.3 Å². The molecule has 0 radical (unpaired) electrons. The quantitative estimate of drug-likeness (QED) is 0.584. The molecule has 0 unspecified atom stereocenters. The number of nitrogens with one attached hydrogen (secondary N) is 3. The van der Waals surface area contributed by atoms with Crippen LogP contribution in [0, 0.1) is 28.8 Å². The van der Waals surface area contributed by atoms with Gasteiger partial charge in [0.15, 0.2) is 17.5 Å². The Labute approximate surface area is 129 Å². The number of nitriles is 1. The van der Waals surface area contributed by atoms with Crippen LogP contribution in [0.1, 0.15) is 5.56 Å². The third-order valence-electron chi connectivity index (χ3n) is 2.84. The van der Waals surface area contributed by atoms with Gasteiger partial charge in [-0.1, -0.05) is 0 Å². The molecule has 0 saturated heterocycles.